The number of fused-ring (bicyclic) bond motifs is 1. The molecule has 3 nitrogen and oxygen atoms in total. The molecule has 0 unspecified atom stereocenters. The van der Waals surface area contributed by atoms with Gasteiger partial charge in [-0.25, -0.2) is 0 Å². The van der Waals surface area contributed by atoms with Crippen molar-refractivity contribution in [3.05, 3.63) is 48.0 Å². The lowest BCUT2D eigenvalue weighted by atomic mass is 9.99. The molecule has 0 amide bonds. The minimum absolute atomic E-state index is 0.160. The van der Waals surface area contributed by atoms with Crippen LogP contribution < -0.4 is 5.73 Å². The molecule has 0 fully saturated rings. The van der Waals surface area contributed by atoms with Gasteiger partial charge in [-0.3, -0.25) is 0 Å². The third-order valence-electron chi connectivity index (χ3n) is 3.03. The maximum atomic E-state index is 12.8. The summed E-state index contributed by atoms with van der Waals surface area (Å²) in [4.78, 5) is 0. The molecule has 6 heteroatoms. The molecule has 0 aliphatic rings. The lowest BCUT2D eigenvalue weighted by Gasteiger charge is -2.09. The highest BCUT2D eigenvalue weighted by Gasteiger charge is 2.30. The van der Waals surface area contributed by atoms with Gasteiger partial charge in [0.15, 0.2) is 11.4 Å². The van der Waals surface area contributed by atoms with E-state index in [9.17, 15) is 13.2 Å². The van der Waals surface area contributed by atoms with E-state index in [4.69, 9.17) is 10.3 Å². The van der Waals surface area contributed by atoms with Gasteiger partial charge in [-0.15, -0.1) is 0 Å². The summed E-state index contributed by atoms with van der Waals surface area (Å²) in [5, 5.41) is 4.15. The Labute approximate surface area is 111 Å². The lowest BCUT2D eigenvalue weighted by molar-refractivity contribution is -0.137. The Morgan fingerprint density at radius 1 is 1.05 bits per heavy atom. The third kappa shape index (κ3) is 1.99. The number of benzene rings is 2. The molecule has 2 aromatic carbocycles. The molecule has 102 valence electrons. The molecule has 1 heterocycles. The summed E-state index contributed by atoms with van der Waals surface area (Å²) in [6.07, 6.45) is -4.38. The molecule has 2 N–H and O–H groups in total. The van der Waals surface area contributed by atoms with Gasteiger partial charge in [-0.2, -0.15) is 13.2 Å². The highest BCUT2D eigenvalue weighted by Crippen LogP contribution is 2.36. The first kappa shape index (κ1) is 12.5. The molecule has 0 spiro atoms. The summed E-state index contributed by atoms with van der Waals surface area (Å²) in [5.41, 5.74) is 6.43. The molecule has 0 saturated heterocycles. The van der Waals surface area contributed by atoms with E-state index in [1.54, 1.807) is 24.3 Å². The summed E-state index contributed by atoms with van der Waals surface area (Å²) in [6.45, 7) is 0. The van der Waals surface area contributed by atoms with Gasteiger partial charge >= 0.3 is 6.18 Å². The van der Waals surface area contributed by atoms with Crippen LogP contribution in [0.2, 0.25) is 0 Å². The second-order valence-electron chi connectivity index (χ2n) is 4.33. The van der Waals surface area contributed by atoms with Crippen molar-refractivity contribution in [1.82, 2.24) is 5.16 Å². The number of hydrogen-bond donors (Lipinski definition) is 1. The second kappa shape index (κ2) is 4.26. The van der Waals surface area contributed by atoms with Crippen molar-refractivity contribution in [3.63, 3.8) is 0 Å². The van der Waals surface area contributed by atoms with Crippen molar-refractivity contribution in [2.24, 2.45) is 0 Å². The molecule has 0 aliphatic heterocycles. The average molecular weight is 278 g/mol. The Morgan fingerprint density at radius 2 is 1.80 bits per heavy atom. The van der Waals surface area contributed by atoms with E-state index in [0.717, 1.165) is 12.1 Å². The van der Waals surface area contributed by atoms with Gasteiger partial charge in [0.2, 0.25) is 0 Å². The number of hydrogen-bond acceptors (Lipinski definition) is 3. The van der Waals surface area contributed by atoms with E-state index in [1.807, 2.05) is 0 Å². The van der Waals surface area contributed by atoms with Crippen LogP contribution in [0.25, 0.3) is 22.1 Å². The van der Waals surface area contributed by atoms with Crippen LogP contribution in [-0.2, 0) is 6.18 Å². The fraction of sp³-hybridized carbons (Fsp3) is 0.0714. The first-order valence-corrected chi connectivity index (χ1v) is 5.78. The summed E-state index contributed by atoms with van der Waals surface area (Å²) in [5.74, 6) is 0.160. The zero-order valence-electron chi connectivity index (χ0n) is 10.1. The summed E-state index contributed by atoms with van der Waals surface area (Å²) >= 11 is 0. The normalized spacial score (nSPS) is 11.9. The fourth-order valence-electron chi connectivity index (χ4n) is 2.12. The maximum absolute atomic E-state index is 12.8. The highest BCUT2D eigenvalue weighted by molar-refractivity contribution is 6.00. The number of nitrogens with two attached hydrogens (primary N) is 1. The number of nitrogen functional groups attached to an aromatic ring is 1. The number of aromatic nitrogens is 1. The first-order valence-electron chi connectivity index (χ1n) is 5.78. The summed E-state index contributed by atoms with van der Waals surface area (Å²) in [7, 11) is 0. The first-order chi connectivity index (χ1) is 9.47. The van der Waals surface area contributed by atoms with E-state index in [2.05, 4.69) is 5.16 Å². The van der Waals surface area contributed by atoms with Gasteiger partial charge in [0.05, 0.1) is 10.9 Å². The van der Waals surface area contributed by atoms with Crippen LogP contribution in [0.5, 0.6) is 0 Å². The largest absolute Gasteiger partial charge is 0.416 e. The van der Waals surface area contributed by atoms with E-state index in [1.165, 1.54) is 6.07 Å². The van der Waals surface area contributed by atoms with Gasteiger partial charge in [-0.05, 0) is 29.3 Å². The molecule has 3 aromatic rings. The SMILES string of the molecule is Nc1noc2cccc(-c3cccc(C(F)(F)F)c3)c12. The Morgan fingerprint density at radius 3 is 2.55 bits per heavy atom. The number of anilines is 1. The van der Waals surface area contributed by atoms with Crippen LogP contribution in [0.1, 0.15) is 5.56 Å². The van der Waals surface area contributed by atoms with Gasteiger partial charge in [0, 0.05) is 0 Å². The van der Waals surface area contributed by atoms with E-state index in [-0.39, 0.29) is 5.82 Å². The van der Waals surface area contributed by atoms with Gasteiger partial charge in [0.25, 0.3) is 0 Å². The molecule has 0 atom stereocenters. The number of nitrogens with zero attached hydrogens (tertiary/aromatic N) is 1. The van der Waals surface area contributed by atoms with Crippen molar-refractivity contribution >= 4 is 16.8 Å². The van der Waals surface area contributed by atoms with Crippen LogP contribution in [-0.4, -0.2) is 5.16 Å². The van der Waals surface area contributed by atoms with Crippen LogP contribution in [0.3, 0.4) is 0 Å². The van der Waals surface area contributed by atoms with Crippen molar-refractivity contribution < 1.29 is 17.7 Å². The van der Waals surface area contributed by atoms with Crippen molar-refractivity contribution in [1.29, 1.82) is 0 Å². The molecular formula is C14H9F3N2O. The molecule has 0 radical (unpaired) electrons. The molecule has 20 heavy (non-hydrogen) atoms. The van der Waals surface area contributed by atoms with Gasteiger partial charge in [0.1, 0.15) is 0 Å². The number of alkyl halides is 3. The molecule has 0 saturated carbocycles. The van der Waals surface area contributed by atoms with Crippen LogP contribution in [0.15, 0.2) is 47.0 Å². The number of rotatable bonds is 1. The summed E-state index contributed by atoms with van der Waals surface area (Å²) < 4.78 is 43.3. The molecule has 0 bridgehead atoms. The van der Waals surface area contributed by atoms with Crippen LogP contribution in [0.4, 0.5) is 19.0 Å². The monoisotopic (exact) mass is 278 g/mol. The number of halogens is 3. The zero-order chi connectivity index (χ0) is 14.3. The Hall–Kier alpha value is -2.50. The smallest absolute Gasteiger partial charge is 0.380 e. The minimum atomic E-state index is -4.38. The molecule has 0 aliphatic carbocycles. The standard InChI is InChI=1S/C14H9F3N2O/c15-14(16,17)9-4-1-3-8(7-9)10-5-2-6-11-12(10)13(18)19-20-11/h1-7H,(H2,18,19). The maximum Gasteiger partial charge on any atom is 0.416 e. The molecule has 3 rings (SSSR count). The van der Waals surface area contributed by atoms with E-state index < -0.39 is 11.7 Å². The fourth-order valence-corrected chi connectivity index (χ4v) is 2.12. The Kier molecular flexibility index (Phi) is 2.67. The van der Waals surface area contributed by atoms with Crippen molar-refractivity contribution in [3.8, 4) is 11.1 Å². The van der Waals surface area contributed by atoms with Crippen molar-refractivity contribution in [2.45, 2.75) is 6.18 Å². The Bertz CT molecular complexity index is 777. The Balaban J connectivity index is 2.24. The van der Waals surface area contributed by atoms with Crippen LogP contribution in [0, 0.1) is 0 Å². The summed E-state index contributed by atoms with van der Waals surface area (Å²) in [6, 6.07) is 10.1. The highest BCUT2D eigenvalue weighted by atomic mass is 19.4. The zero-order valence-corrected chi connectivity index (χ0v) is 10.1. The lowest BCUT2D eigenvalue weighted by Crippen LogP contribution is -2.04. The van der Waals surface area contributed by atoms with E-state index >= 15 is 0 Å². The quantitative estimate of drug-likeness (QED) is 0.729. The van der Waals surface area contributed by atoms with Gasteiger partial charge < -0.3 is 10.3 Å². The second-order valence-corrected chi connectivity index (χ2v) is 4.33. The van der Waals surface area contributed by atoms with Crippen molar-refractivity contribution in [2.75, 3.05) is 5.73 Å². The predicted octanol–water partition coefficient (Wildman–Crippen LogP) is 4.10. The molecular weight excluding hydrogens is 269 g/mol. The van der Waals surface area contributed by atoms with Gasteiger partial charge in [-0.1, -0.05) is 29.4 Å². The average Bonchev–Trinajstić information content (AvgIpc) is 2.80. The van der Waals surface area contributed by atoms with Crippen LogP contribution >= 0.6 is 0 Å². The third-order valence-corrected chi connectivity index (χ3v) is 3.03. The topological polar surface area (TPSA) is 52.0 Å². The molecule has 1 aromatic heterocycles. The predicted molar refractivity (Wildman–Crippen MR) is 68.9 cm³/mol. The minimum Gasteiger partial charge on any atom is -0.380 e. The van der Waals surface area contributed by atoms with E-state index in [0.29, 0.717) is 22.1 Å².